The van der Waals surface area contributed by atoms with Crippen molar-refractivity contribution in [1.29, 1.82) is 5.26 Å². The molecule has 1 fully saturated rings. The zero-order valence-electron chi connectivity index (χ0n) is 36.4. The van der Waals surface area contributed by atoms with Crippen LogP contribution < -0.4 is 16.0 Å². The number of rotatable bonds is 17. The van der Waals surface area contributed by atoms with Crippen molar-refractivity contribution >= 4 is 52.3 Å². The van der Waals surface area contributed by atoms with E-state index in [0.717, 1.165) is 37.8 Å². The molecule has 4 heterocycles. The maximum Gasteiger partial charge on any atom is 0.246 e. The van der Waals surface area contributed by atoms with Gasteiger partial charge < -0.3 is 35.4 Å². The van der Waals surface area contributed by atoms with Crippen LogP contribution in [0.15, 0.2) is 53.5 Å². The normalized spacial score (nSPS) is 17.5. The summed E-state index contributed by atoms with van der Waals surface area (Å²) < 4.78 is 13.3. The molecular formula is C45H54ClN9O7S. The number of likely N-dealkylation sites (tertiary alicyclic amines) is 1. The summed E-state index contributed by atoms with van der Waals surface area (Å²) in [6, 6.07) is 13.8. The highest BCUT2D eigenvalue weighted by atomic mass is 35.5. The summed E-state index contributed by atoms with van der Waals surface area (Å²) in [5.74, 6) is -0.306. The number of nitrogens with zero attached hydrogens (tertiary/aromatic N) is 6. The number of fused-ring (bicyclic) bond motifs is 3. The first-order valence-electron chi connectivity index (χ1n) is 20.9. The van der Waals surface area contributed by atoms with Gasteiger partial charge in [0.15, 0.2) is 5.82 Å². The van der Waals surface area contributed by atoms with Crippen LogP contribution >= 0.6 is 22.9 Å². The third-order valence-electron chi connectivity index (χ3n) is 10.9. The van der Waals surface area contributed by atoms with Gasteiger partial charge in [-0.2, -0.15) is 5.26 Å². The van der Waals surface area contributed by atoms with Crippen molar-refractivity contribution in [2.75, 3.05) is 39.5 Å². The highest BCUT2D eigenvalue weighted by Gasteiger charge is 2.44. The number of carbonyl (C=O) groups excluding carboxylic acids is 4. The highest BCUT2D eigenvalue weighted by molar-refractivity contribution is 7.15. The molecule has 4 N–H and O–H groups in total. The first-order chi connectivity index (χ1) is 30.0. The van der Waals surface area contributed by atoms with Crippen LogP contribution in [0.3, 0.4) is 0 Å². The van der Waals surface area contributed by atoms with Gasteiger partial charge in [-0.25, -0.2) is 0 Å². The molecule has 63 heavy (non-hydrogen) atoms. The molecule has 0 spiro atoms. The Balaban J connectivity index is 0.928. The summed E-state index contributed by atoms with van der Waals surface area (Å²) in [6.07, 6.45) is -0.296. The molecule has 0 saturated carbocycles. The van der Waals surface area contributed by atoms with Gasteiger partial charge in [-0.1, -0.05) is 56.6 Å². The largest absolute Gasteiger partial charge is 0.391 e. The van der Waals surface area contributed by atoms with Gasteiger partial charge in [-0.3, -0.25) is 28.7 Å². The number of hydrogen-bond acceptors (Lipinski definition) is 12. The first kappa shape index (κ1) is 47.0. The van der Waals surface area contributed by atoms with Crippen molar-refractivity contribution in [1.82, 2.24) is 35.6 Å². The molecule has 4 amide bonds. The molecule has 2 aliphatic heterocycles. The van der Waals surface area contributed by atoms with E-state index in [1.165, 1.54) is 4.90 Å². The maximum absolute atomic E-state index is 13.9. The van der Waals surface area contributed by atoms with Gasteiger partial charge >= 0.3 is 0 Å². The van der Waals surface area contributed by atoms with Gasteiger partial charge in [0.2, 0.25) is 23.6 Å². The number of aryl methyl sites for hydroxylation is 2. The van der Waals surface area contributed by atoms with Crippen LogP contribution in [0.1, 0.15) is 90.4 Å². The number of β-amino-alcohol motifs (C(OH)–C–C–N with tert-alkyl or cyclic N) is 1. The van der Waals surface area contributed by atoms with Crippen LogP contribution in [0, 0.1) is 37.5 Å². The average Bonchev–Trinajstić information content (AvgIpc) is 3.90. The summed E-state index contributed by atoms with van der Waals surface area (Å²) in [4.78, 5) is 61.0. The Bertz CT molecular complexity index is 2370. The van der Waals surface area contributed by atoms with E-state index in [-0.39, 0.29) is 58.2 Å². The second kappa shape index (κ2) is 20.8. The maximum atomic E-state index is 13.9. The Hall–Kier alpha value is -5.51. The van der Waals surface area contributed by atoms with Crippen molar-refractivity contribution in [3.63, 3.8) is 0 Å². The smallest absolute Gasteiger partial charge is 0.246 e. The van der Waals surface area contributed by atoms with Crippen LogP contribution in [0.5, 0.6) is 0 Å². The lowest BCUT2D eigenvalue weighted by Gasteiger charge is -2.35. The number of aliphatic hydroxyl groups excluding tert-OH is 1. The van der Waals surface area contributed by atoms with Crippen LogP contribution in [-0.2, 0) is 35.2 Å². The molecular weight excluding hydrogens is 846 g/mol. The summed E-state index contributed by atoms with van der Waals surface area (Å²) in [7, 11) is 0. The summed E-state index contributed by atoms with van der Waals surface area (Å²) in [6.45, 7) is 12.4. The lowest BCUT2D eigenvalue weighted by Crippen LogP contribution is -2.58. The lowest BCUT2D eigenvalue weighted by molar-refractivity contribution is -0.144. The SMILES string of the molecule is Cc1sc2c(c1C)C(c1ccc(Cl)cc1)=N[C@@H](CC(=O)NCCOCCCOCC(=O)NC(C(=O)N1C[C@H](O)C[C@H]1C(=O)NCc1ccc(C#N)cc1)C(C)(C)C)c1nnc(C)n1-2. The molecule has 4 atom stereocenters. The van der Waals surface area contributed by atoms with Crippen molar-refractivity contribution in [3.05, 3.63) is 97.9 Å². The van der Waals surface area contributed by atoms with Crippen molar-refractivity contribution in [2.45, 2.75) is 91.6 Å². The van der Waals surface area contributed by atoms with E-state index in [9.17, 15) is 24.3 Å². The second-order valence-corrected chi connectivity index (χ2v) is 18.4. The molecule has 2 aliphatic rings. The summed E-state index contributed by atoms with van der Waals surface area (Å²) >= 11 is 7.87. The van der Waals surface area contributed by atoms with E-state index in [1.54, 1.807) is 35.6 Å². The molecule has 16 nitrogen and oxygen atoms in total. The van der Waals surface area contributed by atoms with Crippen molar-refractivity contribution < 1.29 is 33.8 Å². The fourth-order valence-corrected chi connectivity index (χ4v) is 8.84. The van der Waals surface area contributed by atoms with Gasteiger partial charge in [-0.05, 0) is 68.0 Å². The molecule has 334 valence electrons. The number of ether oxygens (including phenoxy) is 2. The number of thiophene rings is 1. The number of aromatic nitrogens is 3. The second-order valence-electron chi connectivity index (χ2n) is 16.8. The number of aliphatic imine (C=N–C) groups is 1. The Morgan fingerprint density at radius 3 is 2.40 bits per heavy atom. The van der Waals surface area contributed by atoms with Crippen molar-refractivity contribution in [3.8, 4) is 11.1 Å². The first-order valence-corrected chi connectivity index (χ1v) is 22.1. The average molecular weight is 901 g/mol. The molecule has 0 bridgehead atoms. The highest BCUT2D eigenvalue weighted by Crippen LogP contribution is 2.39. The van der Waals surface area contributed by atoms with E-state index >= 15 is 0 Å². The molecule has 1 unspecified atom stereocenters. The minimum atomic E-state index is -0.990. The molecule has 0 aliphatic carbocycles. The van der Waals surface area contributed by atoms with Gasteiger partial charge in [0.25, 0.3) is 0 Å². The number of nitriles is 1. The van der Waals surface area contributed by atoms with Gasteiger partial charge in [0, 0.05) is 60.3 Å². The van der Waals surface area contributed by atoms with Crippen LogP contribution in [-0.4, -0.2) is 112 Å². The van der Waals surface area contributed by atoms with E-state index < -0.39 is 47.4 Å². The Morgan fingerprint density at radius 2 is 1.70 bits per heavy atom. The third kappa shape index (κ3) is 11.6. The molecule has 1 saturated heterocycles. The van der Waals surface area contributed by atoms with Crippen LogP contribution in [0.2, 0.25) is 5.02 Å². The molecule has 18 heteroatoms. The minimum Gasteiger partial charge on any atom is -0.391 e. The standard InChI is InChI=1S/C45H54ClN9O7S/c1-26-27(2)63-44-38(26)39(31-12-14-32(46)15-13-31)50-34(41-53-52-28(3)55(41)44)21-36(57)48-16-19-61-17-7-18-62-25-37(58)51-40(45(4,5)6)43(60)54-24-33(56)20-35(54)42(59)49-23-30-10-8-29(22-47)9-11-30/h8-15,33-35,40,56H,7,16-21,23-25H2,1-6H3,(H,48,57)(H,49,59)(H,51,58)/t33-,34+,35+,40?/m1/s1. The molecule has 4 aromatic rings. The quantitative estimate of drug-likeness (QED) is 0.110. The molecule has 6 rings (SSSR count). The van der Waals surface area contributed by atoms with Crippen LogP contribution in [0.4, 0.5) is 0 Å². The van der Waals surface area contributed by atoms with Gasteiger partial charge in [-0.15, -0.1) is 21.5 Å². The Labute approximate surface area is 376 Å². The zero-order chi connectivity index (χ0) is 45.4. The van der Waals surface area contributed by atoms with E-state index in [1.807, 2.05) is 56.5 Å². The third-order valence-corrected chi connectivity index (χ3v) is 12.4. The summed E-state index contributed by atoms with van der Waals surface area (Å²) in [5, 5.41) is 38.4. The Kier molecular flexibility index (Phi) is 15.5. The van der Waals surface area contributed by atoms with Gasteiger partial charge in [0.1, 0.15) is 35.6 Å². The predicted molar refractivity (Wildman–Crippen MR) is 238 cm³/mol. The minimum absolute atomic E-state index is 0.0445. The molecule has 0 radical (unpaired) electrons. The van der Waals surface area contributed by atoms with E-state index in [4.69, 9.17) is 31.3 Å². The lowest BCUT2D eigenvalue weighted by atomic mass is 9.85. The number of amides is 4. The fourth-order valence-electron chi connectivity index (χ4n) is 7.50. The van der Waals surface area contributed by atoms with Crippen LogP contribution in [0.25, 0.3) is 5.00 Å². The number of nitrogens with one attached hydrogen (secondary N) is 3. The fraction of sp³-hybridized carbons (Fsp3) is 0.467. The number of hydrogen-bond donors (Lipinski definition) is 4. The molecule has 2 aromatic carbocycles. The summed E-state index contributed by atoms with van der Waals surface area (Å²) in [5.41, 5.74) is 4.31. The number of carbonyl (C=O) groups is 4. The topological polar surface area (TPSA) is 213 Å². The monoisotopic (exact) mass is 899 g/mol. The zero-order valence-corrected chi connectivity index (χ0v) is 37.9. The number of benzene rings is 2. The predicted octanol–water partition coefficient (Wildman–Crippen LogP) is 4.41. The number of halogens is 1. The Morgan fingerprint density at radius 1 is 0.984 bits per heavy atom. The van der Waals surface area contributed by atoms with Gasteiger partial charge in [0.05, 0.1) is 36.5 Å². The number of aliphatic hydroxyl groups is 1. The van der Waals surface area contributed by atoms with E-state index in [2.05, 4.69) is 46.1 Å². The van der Waals surface area contributed by atoms with Crippen molar-refractivity contribution in [2.24, 2.45) is 10.4 Å². The van der Waals surface area contributed by atoms with E-state index in [0.29, 0.717) is 35.3 Å². The molecule has 2 aromatic heterocycles.